The first-order valence-electron chi connectivity index (χ1n) is 8.72. The molecule has 26 heavy (non-hydrogen) atoms. The number of nitrogens with one attached hydrogen (secondary N) is 2. The van der Waals surface area contributed by atoms with Gasteiger partial charge in [-0.15, -0.1) is 0 Å². The number of rotatable bonds is 4. The molecule has 0 saturated heterocycles. The number of carbonyl (C=O) groups is 1. The van der Waals surface area contributed by atoms with Crippen LogP contribution in [0.2, 0.25) is 0 Å². The number of carbonyl (C=O) groups excluding carboxylic acids is 1. The van der Waals surface area contributed by atoms with Crippen LogP contribution in [0.4, 0.5) is 10.5 Å². The number of hydrogen-bond donors (Lipinski definition) is 2. The Morgan fingerprint density at radius 2 is 1.77 bits per heavy atom. The summed E-state index contributed by atoms with van der Waals surface area (Å²) in [6, 6.07) is 3.39. The molecule has 7 heteroatoms. The third-order valence-electron chi connectivity index (χ3n) is 4.93. The Morgan fingerprint density at radius 3 is 2.38 bits per heavy atom. The molecule has 0 fully saturated rings. The van der Waals surface area contributed by atoms with Gasteiger partial charge in [0.05, 0.1) is 5.41 Å². The first kappa shape index (κ1) is 17.3. The molecular formula is C19H20N2O3S2. The normalized spacial score (nSPS) is 15.8. The highest BCUT2D eigenvalue weighted by atomic mass is 32.2. The van der Waals surface area contributed by atoms with Crippen molar-refractivity contribution >= 4 is 39.2 Å². The van der Waals surface area contributed by atoms with E-state index in [1.54, 1.807) is 0 Å². The summed E-state index contributed by atoms with van der Waals surface area (Å²) in [7, 11) is -3.84. The number of aryl methyl sites for hydroxylation is 2. The minimum absolute atomic E-state index is 0.700. The maximum atomic E-state index is 12.4. The summed E-state index contributed by atoms with van der Waals surface area (Å²) in [5.41, 5.74) is 6.56. The molecule has 2 aliphatic rings. The van der Waals surface area contributed by atoms with Gasteiger partial charge in [-0.05, 0) is 89.2 Å². The molecule has 0 atom stereocenters. The predicted molar refractivity (Wildman–Crippen MR) is 105 cm³/mol. The topological polar surface area (TPSA) is 75.3 Å². The summed E-state index contributed by atoms with van der Waals surface area (Å²) in [4.78, 5) is 12.4. The van der Waals surface area contributed by atoms with Gasteiger partial charge < -0.3 is 5.32 Å². The van der Waals surface area contributed by atoms with Gasteiger partial charge in [-0.3, -0.25) is 0 Å². The van der Waals surface area contributed by atoms with Gasteiger partial charge in [0.15, 0.2) is 0 Å². The molecule has 1 aromatic carbocycles. The Labute approximate surface area is 157 Å². The first-order valence-corrected chi connectivity index (χ1v) is 11.2. The molecule has 0 saturated carbocycles. The van der Waals surface area contributed by atoms with Crippen molar-refractivity contribution in [2.45, 2.75) is 38.5 Å². The minimum Gasteiger partial charge on any atom is -0.307 e. The van der Waals surface area contributed by atoms with Crippen molar-refractivity contribution in [2.24, 2.45) is 0 Å². The fourth-order valence-electron chi connectivity index (χ4n) is 3.81. The van der Waals surface area contributed by atoms with E-state index in [-0.39, 0.29) is 0 Å². The summed E-state index contributed by atoms with van der Waals surface area (Å²) in [5, 5.41) is 7.55. The summed E-state index contributed by atoms with van der Waals surface area (Å²) < 4.78 is 26.4. The SMILES string of the molecule is O=C(Nc1c2c(cc3c1CCC3)CCC2)NS(=O)(=O)/C=C/c1ccsc1. The van der Waals surface area contributed by atoms with Crippen molar-refractivity contribution in [3.63, 3.8) is 0 Å². The molecule has 136 valence electrons. The van der Waals surface area contributed by atoms with Crippen LogP contribution >= 0.6 is 11.3 Å². The van der Waals surface area contributed by atoms with Crippen LogP contribution in [-0.2, 0) is 35.7 Å². The number of fused-ring (bicyclic) bond motifs is 2. The monoisotopic (exact) mass is 388 g/mol. The molecule has 4 rings (SSSR count). The van der Waals surface area contributed by atoms with E-state index in [1.807, 2.05) is 16.8 Å². The summed E-state index contributed by atoms with van der Waals surface area (Å²) in [5.74, 6) is 0. The van der Waals surface area contributed by atoms with Crippen LogP contribution < -0.4 is 10.0 Å². The van der Waals surface area contributed by atoms with Gasteiger partial charge >= 0.3 is 6.03 Å². The molecule has 0 aliphatic heterocycles. The van der Waals surface area contributed by atoms with E-state index in [0.717, 1.165) is 55.2 Å². The highest BCUT2D eigenvalue weighted by Gasteiger charge is 2.25. The fourth-order valence-corrected chi connectivity index (χ4v) is 5.15. The lowest BCUT2D eigenvalue weighted by Gasteiger charge is -2.16. The largest absolute Gasteiger partial charge is 0.333 e. The lowest BCUT2D eigenvalue weighted by Crippen LogP contribution is -2.33. The third kappa shape index (κ3) is 3.54. The lowest BCUT2D eigenvalue weighted by molar-refractivity contribution is 0.256. The fraction of sp³-hybridized carbons (Fsp3) is 0.316. The van der Waals surface area contributed by atoms with Crippen molar-refractivity contribution in [3.8, 4) is 0 Å². The van der Waals surface area contributed by atoms with Gasteiger partial charge in [0.25, 0.3) is 10.0 Å². The van der Waals surface area contributed by atoms with Gasteiger partial charge in [-0.2, -0.15) is 11.3 Å². The Kier molecular flexibility index (Phi) is 4.58. The summed E-state index contributed by atoms with van der Waals surface area (Å²) in [6.45, 7) is 0. The van der Waals surface area contributed by atoms with Gasteiger partial charge in [0.1, 0.15) is 0 Å². The minimum atomic E-state index is -3.84. The van der Waals surface area contributed by atoms with E-state index in [9.17, 15) is 13.2 Å². The number of hydrogen-bond acceptors (Lipinski definition) is 4. The molecule has 0 bridgehead atoms. The number of sulfonamides is 1. The number of urea groups is 1. The van der Waals surface area contributed by atoms with E-state index in [0.29, 0.717) is 0 Å². The van der Waals surface area contributed by atoms with E-state index in [2.05, 4.69) is 16.1 Å². The van der Waals surface area contributed by atoms with Crippen molar-refractivity contribution < 1.29 is 13.2 Å². The molecule has 1 heterocycles. The van der Waals surface area contributed by atoms with Crippen molar-refractivity contribution in [1.82, 2.24) is 4.72 Å². The quantitative estimate of drug-likeness (QED) is 0.835. The average molecular weight is 389 g/mol. The number of amides is 2. The number of thiophene rings is 1. The van der Waals surface area contributed by atoms with Gasteiger partial charge in [-0.1, -0.05) is 6.07 Å². The van der Waals surface area contributed by atoms with E-state index in [1.165, 1.54) is 39.7 Å². The predicted octanol–water partition coefficient (Wildman–Crippen LogP) is 3.85. The Bertz CT molecular complexity index is 944. The molecule has 0 spiro atoms. The second-order valence-corrected chi connectivity index (χ2v) is 9.04. The first-order chi connectivity index (χ1) is 12.5. The highest BCUT2D eigenvalue weighted by molar-refractivity contribution is 7.93. The van der Waals surface area contributed by atoms with E-state index < -0.39 is 16.1 Å². The Balaban J connectivity index is 1.52. The third-order valence-corrected chi connectivity index (χ3v) is 6.60. The second-order valence-electron chi connectivity index (χ2n) is 6.69. The maximum Gasteiger partial charge on any atom is 0.333 e. The average Bonchev–Trinajstić information content (AvgIpc) is 3.33. The molecular weight excluding hydrogens is 368 g/mol. The van der Waals surface area contributed by atoms with Crippen molar-refractivity contribution in [1.29, 1.82) is 0 Å². The van der Waals surface area contributed by atoms with Gasteiger partial charge in [0.2, 0.25) is 0 Å². The molecule has 2 aliphatic carbocycles. The molecule has 1 aromatic heterocycles. The summed E-state index contributed by atoms with van der Waals surface area (Å²) in [6.07, 6.45) is 7.56. The molecule has 2 aromatic rings. The standard InChI is InChI=1S/C19H20N2O3S2/c22-19(21-26(23,24)10-8-13-7-9-25-12-13)20-18-16-5-1-3-14(16)11-15-4-2-6-17(15)18/h7-12H,1-6H2,(H2,20,21,22)/b10-8+. The molecule has 2 amide bonds. The maximum absolute atomic E-state index is 12.4. The van der Waals surface area contributed by atoms with Gasteiger partial charge in [0, 0.05) is 5.69 Å². The second kappa shape index (κ2) is 6.89. The molecule has 0 radical (unpaired) electrons. The van der Waals surface area contributed by atoms with Gasteiger partial charge in [-0.25, -0.2) is 17.9 Å². The smallest absolute Gasteiger partial charge is 0.307 e. The van der Waals surface area contributed by atoms with Crippen LogP contribution in [-0.4, -0.2) is 14.4 Å². The van der Waals surface area contributed by atoms with Crippen LogP contribution in [0.15, 0.2) is 28.3 Å². The summed E-state index contributed by atoms with van der Waals surface area (Å²) >= 11 is 1.48. The zero-order valence-corrected chi connectivity index (χ0v) is 15.9. The van der Waals surface area contributed by atoms with Crippen LogP contribution in [0.25, 0.3) is 6.08 Å². The van der Waals surface area contributed by atoms with Crippen molar-refractivity contribution in [2.75, 3.05) is 5.32 Å². The Hall–Kier alpha value is -2.12. The molecule has 0 unspecified atom stereocenters. The zero-order valence-electron chi connectivity index (χ0n) is 14.2. The van der Waals surface area contributed by atoms with Crippen molar-refractivity contribution in [3.05, 3.63) is 56.1 Å². The molecule has 2 N–H and O–H groups in total. The van der Waals surface area contributed by atoms with E-state index in [4.69, 9.17) is 0 Å². The van der Waals surface area contributed by atoms with Crippen LogP contribution in [0.5, 0.6) is 0 Å². The number of anilines is 1. The van der Waals surface area contributed by atoms with Crippen LogP contribution in [0.1, 0.15) is 40.7 Å². The van der Waals surface area contributed by atoms with E-state index >= 15 is 0 Å². The lowest BCUT2D eigenvalue weighted by atomic mass is 9.99. The zero-order chi connectivity index (χ0) is 18.1. The highest BCUT2D eigenvalue weighted by Crippen LogP contribution is 2.38. The number of benzene rings is 1. The van der Waals surface area contributed by atoms with Crippen LogP contribution in [0.3, 0.4) is 0 Å². The Morgan fingerprint density at radius 1 is 1.08 bits per heavy atom. The molecule has 5 nitrogen and oxygen atoms in total. The van der Waals surface area contributed by atoms with Crippen LogP contribution in [0, 0.1) is 0 Å².